The number of aryl methyl sites for hydroxylation is 1. The largest absolute Gasteiger partial charge is 0.478 e. The molecule has 34 heavy (non-hydrogen) atoms. The minimum atomic E-state index is -1.05. The van der Waals surface area contributed by atoms with Gasteiger partial charge in [-0.25, -0.2) is 14.6 Å². The highest BCUT2D eigenvalue weighted by molar-refractivity contribution is 6.32. The van der Waals surface area contributed by atoms with Crippen LogP contribution in [0.5, 0.6) is 0 Å². The van der Waals surface area contributed by atoms with Gasteiger partial charge >= 0.3 is 11.9 Å². The Morgan fingerprint density at radius 2 is 1.15 bits per heavy atom. The Bertz CT molecular complexity index is 1190. The summed E-state index contributed by atoms with van der Waals surface area (Å²) in [5.74, 6) is -2.00. The smallest absolute Gasteiger partial charge is 0.338 e. The van der Waals surface area contributed by atoms with Crippen LogP contribution >= 0.6 is 11.6 Å². The van der Waals surface area contributed by atoms with E-state index in [4.69, 9.17) is 16.7 Å². The van der Waals surface area contributed by atoms with Crippen LogP contribution in [-0.4, -0.2) is 32.1 Å². The van der Waals surface area contributed by atoms with E-state index in [2.05, 4.69) is 30.7 Å². The molecule has 2 aromatic heterocycles. The summed E-state index contributed by atoms with van der Waals surface area (Å²) in [6.07, 6.45) is 0. The number of halogens is 1. The summed E-state index contributed by atoms with van der Waals surface area (Å²) in [6, 6.07) is 14.4. The minimum absolute atomic E-state index is 0.0414. The van der Waals surface area contributed by atoms with Crippen LogP contribution in [0.1, 0.15) is 79.2 Å². The van der Waals surface area contributed by atoms with Crippen LogP contribution in [0.4, 0.5) is 0 Å². The number of aromatic carboxylic acids is 2. The predicted molar refractivity (Wildman–Crippen MR) is 135 cm³/mol. The van der Waals surface area contributed by atoms with Crippen molar-refractivity contribution in [3.8, 4) is 11.3 Å². The van der Waals surface area contributed by atoms with E-state index in [-0.39, 0.29) is 27.1 Å². The summed E-state index contributed by atoms with van der Waals surface area (Å²) in [4.78, 5) is 30.7. The van der Waals surface area contributed by atoms with Crippen molar-refractivity contribution >= 4 is 23.5 Å². The molecule has 0 radical (unpaired) electrons. The molecule has 3 rings (SSSR count). The average molecular weight is 483 g/mol. The summed E-state index contributed by atoms with van der Waals surface area (Å²) in [5.41, 5.74) is 4.21. The first kappa shape index (κ1) is 27.0. The molecule has 3 aromatic rings. The lowest BCUT2D eigenvalue weighted by Crippen LogP contribution is -2.15. The van der Waals surface area contributed by atoms with Crippen molar-refractivity contribution in [1.82, 2.24) is 9.97 Å². The number of nitrogens with zero attached hydrogens (tertiary/aromatic N) is 2. The van der Waals surface area contributed by atoms with Gasteiger partial charge in [-0.1, -0.05) is 83.0 Å². The van der Waals surface area contributed by atoms with Gasteiger partial charge in [0.25, 0.3) is 0 Å². The molecule has 2 N–H and O–H groups in total. The van der Waals surface area contributed by atoms with Gasteiger partial charge in [0.2, 0.25) is 0 Å². The van der Waals surface area contributed by atoms with Crippen LogP contribution in [0.2, 0.25) is 5.15 Å². The summed E-state index contributed by atoms with van der Waals surface area (Å²) < 4.78 is 0. The molecule has 1 aromatic carbocycles. The average Bonchev–Trinajstić information content (AvgIpc) is 2.72. The molecular weight excluding hydrogens is 452 g/mol. The topological polar surface area (TPSA) is 100 Å². The van der Waals surface area contributed by atoms with E-state index in [1.165, 1.54) is 6.07 Å². The van der Waals surface area contributed by atoms with Gasteiger partial charge in [0, 0.05) is 27.8 Å². The lowest BCUT2D eigenvalue weighted by Gasteiger charge is -2.19. The Labute approximate surface area is 205 Å². The Hall–Kier alpha value is -3.25. The van der Waals surface area contributed by atoms with E-state index in [0.717, 1.165) is 22.5 Å². The normalized spacial score (nSPS) is 11.4. The Kier molecular flexibility index (Phi) is 8.22. The Morgan fingerprint density at radius 3 is 1.56 bits per heavy atom. The van der Waals surface area contributed by atoms with Crippen LogP contribution < -0.4 is 0 Å². The zero-order chi connectivity index (χ0) is 25.8. The third-order valence-corrected chi connectivity index (χ3v) is 5.35. The van der Waals surface area contributed by atoms with Gasteiger partial charge < -0.3 is 10.2 Å². The standard InChI is InChI=1S/C17H19NO2.C10H12ClNO2/c1-11-5-7-12(8-6-11)15-13(16(19)20)9-10-14(18-15)17(2,3)4;1-10(2,3)7-5-4-6(9(13)14)8(11)12-7/h5-10H,1-4H3,(H,19,20);4-5H,1-3H3,(H,13,14). The molecule has 0 atom stereocenters. The van der Waals surface area contributed by atoms with Crippen LogP contribution in [0.3, 0.4) is 0 Å². The molecule has 0 saturated heterocycles. The van der Waals surface area contributed by atoms with Gasteiger partial charge in [-0.05, 0) is 31.2 Å². The van der Waals surface area contributed by atoms with Crippen molar-refractivity contribution in [2.24, 2.45) is 0 Å². The fourth-order valence-electron chi connectivity index (χ4n) is 2.99. The zero-order valence-corrected chi connectivity index (χ0v) is 21.4. The highest BCUT2D eigenvalue weighted by atomic mass is 35.5. The van der Waals surface area contributed by atoms with Crippen LogP contribution in [0.25, 0.3) is 11.3 Å². The van der Waals surface area contributed by atoms with Gasteiger partial charge in [-0.3, -0.25) is 4.98 Å². The number of benzene rings is 1. The van der Waals surface area contributed by atoms with Gasteiger partial charge in [0.05, 0.1) is 16.8 Å². The molecule has 0 fully saturated rings. The number of rotatable bonds is 3. The third-order valence-electron chi connectivity index (χ3n) is 5.07. The number of aromatic nitrogens is 2. The van der Waals surface area contributed by atoms with Gasteiger partial charge in [0.15, 0.2) is 0 Å². The maximum absolute atomic E-state index is 11.4. The second kappa shape index (κ2) is 10.3. The highest BCUT2D eigenvalue weighted by Crippen LogP contribution is 2.27. The van der Waals surface area contributed by atoms with Crippen LogP contribution in [0, 0.1) is 6.92 Å². The zero-order valence-electron chi connectivity index (χ0n) is 20.6. The van der Waals surface area contributed by atoms with E-state index in [1.807, 2.05) is 52.0 Å². The molecule has 0 unspecified atom stereocenters. The fraction of sp³-hybridized carbons (Fsp3) is 0.333. The molecule has 0 amide bonds. The second-order valence-corrected chi connectivity index (χ2v) is 10.5. The van der Waals surface area contributed by atoms with E-state index < -0.39 is 11.9 Å². The molecule has 0 spiro atoms. The number of hydrogen-bond acceptors (Lipinski definition) is 4. The molecule has 0 bridgehead atoms. The first-order valence-electron chi connectivity index (χ1n) is 10.8. The van der Waals surface area contributed by atoms with Crippen molar-refractivity contribution in [2.75, 3.05) is 0 Å². The summed E-state index contributed by atoms with van der Waals surface area (Å²) in [5, 5.41) is 18.1. The van der Waals surface area contributed by atoms with E-state index in [0.29, 0.717) is 5.69 Å². The summed E-state index contributed by atoms with van der Waals surface area (Å²) in [6.45, 7) is 14.2. The molecule has 0 saturated carbocycles. The number of carboxylic acids is 2. The first-order valence-corrected chi connectivity index (χ1v) is 11.2. The van der Waals surface area contributed by atoms with Crippen molar-refractivity contribution in [3.63, 3.8) is 0 Å². The van der Waals surface area contributed by atoms with Crippen molar-refractivity contribution < 1.29 is 19.8 Å². The van der Waals surface area contributed by atoms with Crippen molar-refractivity contribution in [3.05, 3.63) is 81.8 Å². The Balaban J connectivity index is 0.000000257. The molecule has 7 heteroatoms. The number of carbonyl (C=O) groups is 2. The molecule has 0 aliphatic carbocycles. The lowest BCUT2D eigenvalue weighted by molar-refractivity contribution is 0.0686. The molecule has 2 heterocycles. The van der Waals surface area contributed by atoms with Gasteiger partial charge in [0.1, 0.15) is 5.15 Å². The molecule has 0 aliphatic rings. The van der Waals surface area contributed by atoms with Crippen LogP contribution in [0.15, 0.2) is 48.5 Å². The number of carboxylic acid groups (broad SMARTS) is 2. The maximum Gasteiger partial charge on any atom is 0.338 e. The third kappa shape index (κ3) is 6.87. The fourth-order valence-corrected chi connectivity index (χ4v) is 3.23. The van der Waals surface area contributed by atoms with E-state index >= 15 is 0 Å². The van der Waals surface area contributed by atoms with Gasteiger partial charge in [-0.15, -0.1) is 0 Å². The summed E-state index contributed by atoms with van der Waals surface area (Å²) >= 11 is 5.74. The molecule has 180 valence electrons. The summed E-state index contributed by atoms with van der Waals surface area (Å²) in [7, 11) is 0. The SMILES string of the molecule is CC(C)(C)c1ccc(C(=O)O)c(Cl)n1.Cc1ccc(-c2nc(C(C)(C)C)ccc2C(=O)O)cc1. The minimum Gasteiger partial charge on any atom is -0.478 e. The quantitative estimate of drug-likeness (QED) is 0.399. The second-order valence-electron chi connectivity index (χ2n) is 10.1. The number of pyridine rings is 2. The first-order chi connectivity index (χ1) is 15.6. The predicted octanol–water partition coefficient (Wildman–Crippen LogP) is 6.78. The molecular formula is C27H31ClN2O4. The molecule has 6 nitrogen and oxygen atoms in total. The van der Waals surface area contributed by atoms with E-state index in [9.17, 15) is 14.7 Å². The lowest BCUT2D eigenvalue weighted by atomic mass is 9.90. The monoisotopic (exact) mass is 482 g/mol. The van der Waals surface area contributed by atoms with Crippen LogP contribution in [-0.2, 0) is 10.8 Å². The van der Waals surface area contributed by atoms with Crippen molar-refractivity contribution in [2.45, 2.75) is 59.3 Å². The Morgan fingerprint density at radius 1 is 0.706 bits per heavy atom. The maximum atomic E-state index is 11.4. The molecule has 0 aliphatic heterocycles. The van der Waals surface area contributed by atoms with Crippen molar-refractivity contribution in [1.29, 1.82) is 0 Å². The highest BCUT2D eigenvalue weighted by Gasteiger charge is 2.21. The van der Waals surface area contributed by atoms with Gasteiger partial charge in [-0.2, -0.15) is 0 Å². The number of hydrogen-bond donors (Lipinski definition) is 2. The van der Waals surface area contributed by atoms with E-state index in [1.54, 1.807) is 18.2 Å².